The van der Waals surface area contributed by atoms with Gasteiger partial charge in [-0.15, -0.1) is 0 Å². The number of esters is 1. The Labute approximate surface area is 135 Å². The van der Waals surface area contributed by atoms with E-state index in [1.165, 1.54) is 7.11 Å². The zero-order valence-electron chi connectivity index (χ0n) is 13.2. The summed E-state index contributed by atoms with van der Waals surface area (Å²) < 4.78 is 5.19. The van der Waals surface area contributed by atoms with E-state index in [9.17, 15) is 15.0 Å². The summed E-state index contributed by atoms with van der Waals surface area (Å²) in [5.41, 5.74) is 2.46. The molecule has 0 spiro atoms. The van der Waals surface area contributed by atoms with Gasteiger partial charge in [0.05, 0.1) is 13.2 Å². The van der Waals surface area contributed by atoms with Crippen molar-refractivity contribution in [1.82, 2.24) is 4.90 Å². The maximum atomic E-state index is 12.8. The monoisotopic (exact) mass is 315 g/mol. The van der Waals surface area contributed by atoms with Crippen LogP contribution in [0.25, 0.3) is 0 Å². The Morgan fingerprint density at radius 2 is 2.13 bits per heavy atom. The molecular formula is C18H21NO4. The lowest BCUT2D eigenvalue weighted by Crippen LogP contribution is -2.43. The van der Waals surface area contributed by atoms with Gasteiger partial charge in [-0.1, -0.05) is 6.08 Å². The molecule has 1 fully saturated rings. The first-order chi connectivity index (χ1) is 11.1. The average Bonchev–Trinajstić information content (AvgIpc) is 2.91. The predicted octanol–water partition coefficient (Wildman–Crippen LogP) is 2.28. The number of ether oxygens (including phenoxy) is 1. The lowest BCUT2D eigenvalue weighted by atomic mass is 9.67. The van der Waals surface area contributed by atoms with E-state index in [0.717, 1.165) is 55.5 Å². The summed E-state index contributed by atoms with van der Waals surface area (Å²) in [7, 11) is 1.45. The van der Waals surface area contributed by atoms with Crippen LogP contribution in [0.2, 0.25) is 0 Å². The average molecular weight is 315 g/mol. The Bertz CT molecular complexity index is 711. The van der Waals surface area contributed by atoms with Crippen LogP contribution in [0.1, 0.15) is 36.4 Å². The number of carbonyl (C=O) groups is 1. The first-order valence-corrected chi connectivity index (χ1v) is 8.14. The molecule has 23 heavy (non-hydrogen) atoms. The van der Waals surface area contributed by atoms with Crippen LogP contribution in [0.4, 0.5) is 0 Å². The molecular weight excluding hydrogens is 294 g/mol. The van der Waals surface area contributed by atoms with Crippen LogP contribution in [0.3, 0.4) is 0 Å². The van der Waals surface area contributed by atoms with Crippen LogP contribution in [0.15, 0.2) is 23.8 Å². The van der Waals surface area contributed by atoms with Crippen molar-refractivity contribution in [3.8, 4) is 11.5 Å². The van der Waals surface area contributed by atoms with Gasteiger partial charge in [0.15, 0.2) is 11.5 Å². The lowest BCUT2D eigenvalue weighted by molar-refractivity contribution is -0.153. The van der Waals surface area contributed by atoms with Crippen molar-refractivity contribution < 1.29 is 19.7 Å². The first-order valence-electron chi connectivity index (χ1n) is 8.14. The van der Waals surface area contributed by atoms with Crippen molar-refractivity contribution in [3.05, 3.63) is 34.9 Å². The molecule has 2 heterocycles. The quantitative estimate of drug-likeness (QED) is 0.473. The van der Waals surface area contributed by atoms with Crippen molar-refractivity contribution in [1.29, 1.82) is 0 Å². The highest BCUT2D eigenvalue weighted by Gasteiger charge is 2.58. The molecule has 4 rings (SSSR count). The summed E-state index contributed by atoms with van der Waals surface area (Å²) in [6, 6.07) is 3.15. The van der Waals surface area contributed by atoms with Crippen molar-refractivity contribution in [2.45, 2.75) is 31.7 Å². The van der Waals surface area contributed by atoms with Crippen molar-refractivity contribution in [2.24, 2.45) is 5.41 Å². The molecule has 0 amide bonds. The van der Waals surface area contributed by atoms with E-state index in [4.69, 9.17) is 4.74 Å². The summed E-state index contributed by atoms with van der Waals surface area (Å²) in [5, 5.41) is 19.8. The van der Waals surface area contributed by atoms with Crippen molar-refractivity contribution in [2.75, 3.05) is 20.2 Å². The smallest absolute Gasteiger partial charge is 0.317 e. The third kappa shape index (κ3) is 1.86. The molecule has 1 saturated heterocycles. The molecule has 2 aliphatic heterocycles. The van der Waals surface area contributed by atoms with Gasteiger partial charge in [-0.05, 0) is 54.5 Å². The van der Waals surface area contributed by atoms with Crippen molar-refractivity contribution >= 4 is 5.97 Å². The van der Waals surface area contributed by atoms with Crippen molar-refractivity contribution in [3.63, 3.8) is 0 Å². The number of carbonyl (C=O) groups excluding carboxylic acids is 1. The van der Waals surface area contributed by atoms with Gasteiger partial charge in [0.25, 0.3) is 0 Å². The lowest BCUT2D eigenvalue weighted by Gasteiger charge is -2.41. The Hall–Kier alpha value is -2.01. The highest BCUT2D eigenvalue weighted by Crippen LogP contribution is 2.58. The van der Waals surface area contributed by atoms with E-state index in [1.54, 1.807) is 12.1 Å². The third-order valence-electron chi connectivity index (χ3n) is 5.69. The molecule has 122 valence electrons. The molecule has 1 aromatic rings. The number of rotatable bonds is 1. The Morgan fingerprint density at radius 3 is 2.91 bits per heavy atom. The SMILES string of the molecule is COC(=O)[C@@]12CCCC=C1CN1CCc3cc(O)c(O)cc3[C@H]12. The van der Waals surface area contributed by atoms with E-state index in [1.807, 2.05) is 0 Å². The van der Waals surface area contributed by atoms with Crippen LogP contribution >= 0.6 is 0 Å². The number of nitrogens with zero attached hydrogens (tertiary/aromatic N) is 1. The third-order valence-corrected chi connectivity index (χ3v) is 5.69. The van der Waals surface area contributed by atoms with Crippen LogP contribution in [-0.4, -0.2) is 41.3 Å². The topological polar surface area (TPSA) is 70.0 Å². The first kappa shape index (κ1) is 14.6. The molecule has 2 atom stereocenters. The molecule has 0 aromatic heterocycles. The second-order valence-electron chi connectivity index (χ2n) is 6.75. The second-order valence-corrected chi connectivity index (χ2v) is 6.75. The van der Waals surface area contributed by atoms with Crippen LogP contribution in [-0.2, 0) is 16.0 Å². The zero-order chi connectivity index (χ0) is 16.2. The minimum atomic E-state index is -0.647. The molecule has 0 saturated carbocycles. The number of phenols is 2. The number of hydrogen-bond acceptors (Lipinski definition) is 5. The van der Waals surface area contributed by atoms with Gasteiger partial charge in [0.2, 0.25) is 0 Å². The van der Waals surface area contributed by atoms with E-state index in [0.29, 0.717) is 0 Å². The zero-order valence-corrected chi connectivity index (χ0v) is 13.2. The van der Waals surface area contributed by atoms with Gasteiger partial charge in [-0.3, -0.25) is 9.69 Å². The second kappa shape index (κ2) is 4.99. The van der Waals surface area contributed by atoms with Crippen LogP contribution < -0.4 is 0 Å². The summed E-state index contributed by atoms with van der Waals surface area (Å²) in [5.74, 6) is -0.406. The molecule has 0 radical (unpaired) electrons. The van der Waals surface area contributed by atoms with E-state index >= 15 is 0 Å². The standard InChI is InChI=1S/C18H21NO4/c1-23-17(22)18-6-3-2-4-12(18)10-19-7-5-11-8-14(20)15(21)9-13(11)16(18)19/h4,8-9,16,20-21H,2-3,5-7,10H2,1H3/t16-,18-/m0/s1. The largest absolute Gasteiger partial charge is 0.504 e. The number of hydrogen-bond donors (Lipinski definition) is 2. The van der Waals surface area contributed by atoms with Gasteiger partial charge in [-0.25, -0.2) is 0 Å². The summed E-state index contributed by atoms with van der Waals surface area (Å²) in [6.45, 7) is 1.62. The van der Waals surface area contributed by atoms with E-state index in [-0.39, 0.29) is 23.5 Å². The normalized spacial score (nSPS) is 29.3. The predicted molar refractivity (Wildman–Crippen MR) is 84.2 cm³/mol. The minimum Gasteiger partial charge on any atom is -0.504 e. The van der Waals surface area contributed by atoms with Gasteiger partial charge in [0, 0.05) is 13.1 Å². The minimum absolute atomic E-state index is 0.0956. The Morgan fingerprint density at radius 1 is 1.35 bits per heavy atom. The maximum absolute atomic E-state index is 12.8. The van der Waals surface area contributed by atoms with Crippen LogP contribution in [0.5, 0.6) is 11.5 Å². The molecule has 5 heteroatoms. The Kier molecular flexibility index (Phi) is 3.17. The van der Waals surface area contributed by atoms with Gasteiger partial charge < -0.3 is 14.9 Å². The van der Waals surface area contributed by atoms with Gasteiger partial charge >= 0.3 is 5.97 Å². The summed E-state index contributed by atoms with van der Waals surface area (Å²) in [4.78, 5) is 15.1. The maximum Gasteiger partial charge on any atom is 0.317 e. The molecule has 3 aliphatic rings. The molecule has 0 unspecified atom stereocenters. The molecule has 0 bridgehead atoms. The van der Waals surface area contributed by atoms with Gasteiger partial charge in [0.1, 0.15) is 5.41 Å². The number of allylic oxidation sites excluding steroid dienone is 1. The van der Waals surface area contributed by atoms with E-state index < -0.39 is 5.41 Å². The molecule has 1 aromatic carbocycles. The Balaban J connectivity index is 1.92. The van der Waals surface area contributed by atoms with Gasteiger partial charge in [-0.2, -0.15) is 0 Å². The van der Waals surface area contributed by atoms with E-state index in [2.05, 4.69) is 11.0 Å². The highest BCUT2D eigenvalue weighted by molar-refractivity contribution is 5.83. The fraction of sp³-hybridized carbons (Fsp3) is 0.500. The fourth-order valence-electron chi connectivity index (χ4n) is 4.71. The molecule has 1 aliphatic carbocycles. The summed E-state index contributed by atoms with van der Waals surface area (Å²) in [6.07, 6.45) is 5.74. The number of methoxy groups -OCH3 is 1. The van der Waals surface area contributed by atoms with Crippen LogP contribution in [0, 0.1) is 5.41 Å². The molecule has 5 nitrogen and oxygen atoms in total. The fourth-order valence-corrected chi connectivity index (χ4v) is 4.71. The summed E-state index contributed by atoms with van der Waals surface area (Å²) >= 11 is 0. The number of phenolic OH excluding ortho intramolecular Hbond substituents is 2. The number of aromatic hydroxyl groups is 2. The highest BCUT2D eigenvalue weighted by atomic mass is 16.5. The number of benzene rings is 1. The molecule has 2 N–H and O–H groups in total. The number of fused-ring (bicyclic) bond motifs is 5.